The van der Waals surface area contributed by atoms with Gasteiger partial charge in [-0.2, -0.15) is 8.42 Å². The van der Waals surface area contributed by atoms with Gasteiger partial charge in [-0.15, -0.1) is 0 Å². The van der Waals surface area contributed by atoms with Gasteiger partial charge in [-0.3, -0.25) is 9.69 Å². The molecule has 0 spiro atoms. The molecule has 1 aliphatic heterocycles. The van der Waals surface area contributed by atoms with Crippen LogP contribution >= 0.6 is 0 Å². The summed E-state index contributed by atoms with van der Waals surface area (Å²) in [4.78, 5) is 19.8. The molecule has 0 saturated heterocycles. The third-order valence-corrected chi connectivity index (χ3v) is 8.05. The van der Waals surface area contributed by atoms with Gasteiger partial charge in [-0.05, 0) is 75.1 Å². The molecule has 1 aliphatic rings. The predicted octanol–water partition coefficient (Wildman–Crippen LogP) is 3.72. The second-order valence-corrected chi connectivity index (χ2v) is 11.0. The molecule has 0 fully saturated rings. The SMILES string of the molecule is CCOc1cccc2c1CN(Cc1c(C)cc(C)cc1C)[C@]2(C)C(=O)NS(=O)(=O)c1cccc(N)n1. The Hall–Kier alpha value is -3.43. The smallest absolute Gasteiger partial charge is 0.281 e. The van der Waals surface area contributed by atoms with E-state index in [9.17, 15) is 13.2 Å². The largest absolute Gasteiger partial charge is 0.494 e. The summed E-state index contributed by atoms with van der Waals surface area (Å²) in [5, 5.41) is -0.308. The molecule has 3 aromatic rings. The summed E-state index contributed by atoms with van der Waals surface area (Å²) in [5.41, 5.74) is 10.5. The molecule has 1 aromatic heterocycles. The van der Waals surface area contributed by atoms with Crippen LogP contribution in [-0.4, -0.2) is 30.8 Å². The number of nitrogens with one attached hydrogen (secondary N) is 1. The fraction of sp³-hybridized carbons (Fsp3) is 0.333. The zero-order valence-corrected chi connectivity index (χ0v) is 22.1. The second kappa shape index (κ2) is 9.55. The number of fused-ring (bicyclic) bond motifs is 1. The van der Waals surface area contributed by atoms with Crippen molar-refractivity contribution in [3.63, 3.8) is 0 Å². The number of nitrogen functional groups attached to an aromatic ring is 1. The van der Waals surface area contributed by atoms with Crippen LogP contribution in [0.25, 0.3) is 0 Å². The Morgan fingerprint density at radius 3 is 2.44 bits per heavy atom. The summed E-state index contributed by atoms with van der Waals surface area (Å²) in [6, 6.07) is 14.1. The Labute approximate surface area is 212 Å². The number of nitrogens with two attached hydrogens (primary N) is 1. The van der Waals surface area contributed by atoms with Crippen molar-refractivity contribution in [3.8, 4) is 5.75 Å². The van der Waals surface area contributed by atoms with Gasteiger partial charge in [0.15, 0.2) is 5.03 Å². The first kappa shape index (κ1) is 25.7. The van der Waals surface area contributed by atoms with Gasteiger partial charge in [0.25, 0.3) is 15.9 Å². The first-order chi connectivity index (χ1) is 17.0. The van der Waals surface area contributed by atoms with E-state index < -0.39 is 21.5 Å². The molecule has 8 nitrogen and oxygen atoms in total. The quantitative estimate of drug-likeness (QED) is 0.500. The van der Waals surface area contributed by atoms with Crippen LogP contribution < -0.4 is 15.2 Å². The lowest BCUT2D eigenvalue weighted by Gasteiger charge is -2.35. The minimum absolute atomic E-state index is 0.0519. The van der Waals surface area contributed by atoms with E-state index in [1.807, 2.05) is 30.0 Å². The molecule has 9 heteroatoms. The van der Waals surface area contributed by atoms with Crippen LogP contribution in [0.3, 0.4) is 0 Å². The van der Waals surface area contributed by atoms with E-state index in [2.05, 4.69) is 42.6 Å². The highest BCUT2D eigenvalue weighted by Gasteiger charge is 2.49. The number of aryl methyl sites for hydroxylation is 3. The Morgan fingerprint density at radius 1 is 1.14 bits per heavy atom. The monoisotopic (exact) mass is 508 g/mol. The molecule has 36 heavy (non-hydrogen) atoms. The maximum atomic E-state index is 13.9. The number of hydrogen-bond acceptors (Lipinski definition) is 7. The number of ether oxygens (including phenoxy) is 1. The molecule has 4 rings (SSSR count). The lowest BCUT2D eigenvalue weighted by Crippen LogP contribution is -2.52. The molecule has 2 heterocycles. The van der Waals surface area contributed by atoms with Gasteiger partial charge in [0.2, 0.25) is 0 Å². The summed E-state index contributed by atoms with van der Waals surface area (Å²) in [7, 11) is -4.25. The van der Waals surface area contributed by atoms with Crippen LogP contribution in [0.1, 0.15) is 47.2 Å². The van der Waals surface area contributed by atoms with Crippen molar-refractivity contribution >= 4 is 21.7 Å². The average Bonchev–Trinajstić information content (AvgIpc) is 3.10. The van der Waals surface area contributed by atoms with Gasteiger partial charge >= 0.3 is 0 Å². The van der Waals surface area contributed by atoms with Crippen LogP contribution in [0.4, 0.5) is 5.82 Å². The summed E-state index contributed by atoms with van der Waals surface area (Å²) < 4.78 is 34.3. The Balaban J connectivity index is 1.79. The molecule has 0 aliphatic carbocycles. The number of nitrogens with zero attached hydrogens (tertiary/aromatic N) is 2. The number of carbonyl (C=O) groups excluding carboxylic acids is 1. The molecule has 1 atom stereocenters. The van der Waals surface area contributed by atoms with E-state index in [0.717, 1.165) is 22.3 Å². The van der Waals surface area contributed by atoms with Gasteiger partial charge in [0.1, 0.15) is 17.1 Å². The number of rotatable bonds is 7. The highest BCUT2D eigenvalue weighted by atomic mass is 32.2. The molecule has 3 N–H and O–H groups in total. The maximum absolute atomic E-state index is 13.9. The zero-order valence-electron chi connectivity index (χ0n) is 21.3. The second-order valence-electron chi connectivity index (χ2n) is 9.36. The first-order valence-corrected chi connectivity index (χ1v) is 13.3. The molecule has 1 amide bonds. The number of hydrogen-bond donors (Lipinski definition) is 2. The minimum atomic E-state index is -4.25. The van der Waals surface area contributed by atoms with Crippen molar-refractivity contribution in [2.24, 2.45) is 0 Å². The number of sulfonamides is 1. The highest BCUT2D eigenvalue weighted by Crippen LogP contribution is 2.44. The van der Waals surface area contributed by atoms with Crippen molar-refractivity contribution in [3.05, 3.63) is 81.9 Å². The molecule has 0 saturated carbocycles. The van der Waals surface area contributed by atoms with Gasteiger partial charge in [-0.1, -0.05) is 35.9 Å². The van der Waals surface area contributed by atoms with Crippen LogP contribution in [0.5, 0.6) is 5.75 Å². The van der Waals surface area contributed by atoms with E-state index in [4.69, 9.17) is 10.5 Å². The lowest BCUT2D eigenvalue weighted by molar-refractivity contribution is -0.131. The number of benzene rings is 2. The van der Waals surface area contributed by atoms with Gasteiger partial charge in [-0.25, -0.2) is 9.71 Å². The number of carbonyl (C=O) groups is 1. The minimum Gasteiger partial charge on any atom is -0.494 e. The van der Waals surface area contributed by atoms with Crippen molar-refractivity contribution in [2.45, 2.75) is 58.3 Å². The first-order valence-electron chi connectivity index (χ1n) is 11.8. The topological polar surface area (TPSA) is 115 Å². The maximum Gasteiger partial charge on any atom is 0.281 e. The lowest BCUT2D eigenvalue weighted by atomic mass is 9.89. The summed E-state index contributed by atoms with van der Waals surface area (Å²) >= 11 is 0. The van der Waals surface area contributed by atoms with Crippen LogP contribution in [-0.2, 0) is 33.4 Å². The van der Waals surface area contributed by atoms with E-state index in [1.165, 1.54) is 23.8 Å². The Morgan fingerprint density at radius 2 is 1.81 bits per heavy atom. The van der Waals surface area contributed by atoms with Gasteiger partial charge < -0.3 is 10.5 Å². The van der Waals surface area contributed by atoms with Crippen molar-refractivity contribution in [1.82, 2.24) is 14.6 Å². The fourth-order valence-electron chi connectivity index (χ4n) is 4.98. The van der Waals surface area contributed by atoms with E-state index in [-0.39, 0.29) is 10.8 Å². The van der Waals surface area contributed by atoms with Crippen molar-refractivity contribution in [1.29, 1.82) is 0 Å². The third kappa shape index (κ3) is 4.56. The van der Waals surface area contributed by atoms with Crippen LogP contribution in [0.2, 0.25) is 0 Å². The molecule has 2 aromatic carbocycles. The molecule has 0 radical (unpaired) electrons. The molecule has 0 bridgehead atoms. The number of pyridine rings is 1. The van der Waals surface area contributed by atoms with Gasteiger partial charge in [0, 0.05) is 18.7 Å². The zero-order chi connectivity index (χ0) is 26.3. The standard InChI is InChI=1S/C27H32N4O4S/c1-6-35-23-10-7-9-22-21(23)16-31(15-20-18(3)13-17(2)14-19(20)4)27(22,5)26(32)30-36(33,34)25-12-8-11-24(28)29-25/h7-14H,6,15-16H2,1-5H3,(H2,28,29)(H,30,32)/t27-/m0/s1. The summed E-state index contributed by atoms with van der Waals surface area (Å²) in [5.74, 6) is 0.0758. The Bertz CT molecular complexity index is 1410. The molecular weight excluding hydrogens is 476 g/mol. The summed E-state index contributed by atoms with van der Waals surface area (Å²) in [6.45, 7) is 11.2. The molecule has 0 unspecified atom stereocenters. The fourth-order valence-corrected chi connectivity index (χ4v) is 6.01. The molecule has 190 valence electrons. The third-order valence-electron chi connectivity index (χ3n) is 6.82. The normalized spacial score (nSPS) is 17.6. The Kier molecular flexibility index (Phi) is 6.81. The van der Waals surface area contributed by atoms with Crippen LogP contribution in [0.15, 0.2) is 53.6 Å². The number of aromatic nitrogens is 1. The highest BCUT2D eigenvalue weighted by molar-refractivity contribution is 7.90. The summed E-state index contributed by atoms with van der Waals surface area (Å²) in [6.07, 6.45) is 0. The predicted molar refractivity (Wildman–Crippen MR) is 139 cm³/mol. The van der Waals surface area contributed by atoms with Crippen LogP contribution in [0, 0.1) is 20.8 Å². The molecular formula is C27H32N4O4S. The number of amides is 1. The van der Waals surface area contributed by atoms with E-state index in [1.54, 1.807) is 6.92 Å². The average molecular weight is 509 g/mol. The van der Waals surface area contributed by atoms with Crippen molar-refractivity contribution < 1.29 is 17.9 Å². The van der Waals surface area contributed by atoms with E-state index in [0.29, 0.717) is 31.0 Å². The van der Waals surface area contributed by atoms with Crippen molar-refractivity contribution in [2.75, 3.05) is 12.3 Å². The van der Waals surface area contributed by atoms with E-state index >= 15 is 0 Å². The number of anilines is 1. The van der Waals surface area contributed by atoms with Gasteiger partial charge in [0.05, 0.1) is 6.61 Å².